The SMILES string of the molecule is CCC1(C)[C@@](C)(CC)[Si](C)(C)O[Si]2(c3ccccc3)O[SiH](c3ccccc3)O[SiH](c3ccccc3)O[Si](c3ccccc3)(O[Si]3(c4ccccc4)O[Si](O)(c4ccccc4)O[Si](C)(C)[C@H](C)CC(C)(C)[Si](C)(C)O[Si](O)(c4ccccc4)O[Si](c4ccccc4)(O3)O2)O[Si]1(C)C. The molecule has 4 bridgehead atoms. The van der Waals surface area contributed by atoms with Gasteiger partial charge in [0.25, 0.3) is 0 Å². The highest BCUT2D eigenvalue weighted by molar-refractivity contribution is 7.06. The van der Waals surface area contributed by atoms with E-state index in [0.717, 1.165) is 10.4 Å². The molecule has 4 fully saturated rings. The second kappa shape index (κ2) is 28.0. The molecule has 0 aliphatic carbocycles. The Morgan fingerprint density at radius 1 is 0.344 bits per heavy atom. The van der Waals surface area contributed by atoms with Gasteiger partial charge in [-0.3, -0.25) is 0 Å². The third-order valence-corrected chi connectivity index (χ3v) is 72.7. The van der Waals surface area contributed by atoms with Crippen LogP contribution < -0.4 is 41.5 Å². The van der Waals surface area contributed by atoms with Crippen molar-refractivity contribution in [3.63, 3.8) is 0 Å². The predicted octanol–water partition coefficient (Wildman–Crippen LogP) is 10.3. The molecule has 0 aromatic heterocycles. The first-order valence-electron chi connectivity index (χ1n) is 33.6. The molecule has 9 unspecified atom stereocenters. The molecule has 0 spiro atoms. The summed E-state index contributed by atoms with van der Waals surface area (Å²) in [6.45, 7) is 33.7. The van der Waals surface area contributed by atoms with E-state index in [1.165, 1.54) is 0 Å². The summed E-state index contributed by atoms with van der Waals surface area (Å²) in [6, 6.07) is 78.1. The van der Waals surface area contributed by atoms with Crippen LogP contribution in [0.5, 0.6) is 0 Å². The monoisotopic (exact) mass is 1500 g/mol. The molecule has 508 valence electrons. The lowest BCUT2D eigenvalue weighted by Crippen LogP contribution is -2.83. The Morgan fingerprint density at radius 3 is 0.927 bits per heavy atom. The van der Waals surface area contributed by atoms with Gasteiger partial charge in [0, 0.05) is 31.1 Å². The minimum atomic E-state index is -5.60. The second-order valence-electron chi connectivity index (χ2n) is 28.9. The Morgan fingerprint density at radius 2 is 0.615 bits per heavy atom. The van der Waals surface area contributed by atoms with Gasteiger partial charge < -0.3 is 59.0 Å². The molecule has 96 heavy (non-hydrogen) atoms. The molecular weight excluding hydrogens is 1400 g/mol. The first-order valence-corrected chi connectivity index (χ1v) is 58.8. The lowest BCUT2D eigenvalue weighted by Gasteiger charge is -2.60. The molecule has 8 aromatic rings. The van der Waals surface area contributed by atoms with Crippen molar-refractivity contribution in [3.8, 4) is 0 Å². The van der Waals surface area contributed by atoms with Crippen LogP contribution in [0.15, 0.2) is 243 Å². The van der Waals surface area contributed by atoms with Crippen LogP contribution in [0.25, 0.3) is 0 Å². The van der Waals surface area contributed by atoms with Gasteiger partial charge in [0.1, 0.15) is 0 Å². The fourth-order valence-electron chi connectivity index (χ4n) is 14.0. The zero-order valence-electron chi connectivity index (χ0n) is 58.2. The predicted molar refractivity (Wildman–Crippen MR) is 410 cm³/mol. The van der Waals surface area contributed by atoms with Crippen LogP contribution in [0.3, 0.4) is 0 Å². The summed E-state index contributed by atoms with van der Waals surface area (Å²) < 4.78 is 102. The molecule has 14 nitrogen and oxygen atoms in total. The molecular formula is C70H96O14Si12. The quantitative estimate of drug-likeness (QED) is 0.125. The van der Waals surface area contributed by atoms with Gasteiger partial charge >= 0.3 is 71.4 Å². The summed E-state index contributed by atoms with van der Waals surface area (Å²) >= 11 is 0. The zero-order valence-corrected chi connectivity index (χ0v) is 70.6. The van der Waals surface area contributed by atoms with Gasteiger partial charge in [-0.05, 0) is 89.8 Å². The van der Waals surface area contributed by atoms with E-state index in [4.69, 9.17) is 49.4 Å². The van der Waals surface area contributed by atoms with Crippen LogP contribution >= 0.6 is 0 Å². The summed E-state index contributed by atoms with van der Waals surface area (Å²) in [5.41, 5.74) is -0.147. The van der Waals surface area contributed by atoms with E-state index in [2.05, 4.69) is 101 Å². The minimum Gasteiger partial charge on any atom is -0.413 e. The molecule has 2 N–H and O–H groups in total. The van der Waals surface area contributed by atoms with E-state index in [1.54, 1.807) is 0 Å². The average Bonchev–Trinajstić information content (AvgIpc) is 1.21. The lowest BCUT2D eigenvalue weighted by molar-refractivity contribution is 0.107. The Kier molecular flexibility index (Phi) is 21.3. The Bertz CT molecular complexity index is 3880. The highest BCUT2D eigenvalue weighted by Gasteiger charge is 2.75. The number of rotatable bonds is 10. The van der Waals surface area contributed by atoms with Crippen molar-refractivity contribution in [1.29, 1.82) is 0 Å². The van der Waals surface area contributed by atoms with Gasteiger partial charge in [-0.15, -0.1) is 0 Å². The van der Waals surface area contributed by atoms with Crippen molar-refractivity contribution < 1.29 is 59.0 Å². The van der Waals surface area contributed by atoms with Crippen LogP contribution in [0, 0.1) is 0 Å². The molecule has 11 atom stereocenters. The van der Waals surface area contributed by atoms with Gasteiger partial charge in [0.15, 0.2) is 33.3 Å². The largest absolute Gasteiger partial charge is 0.516 e. The van der Waals surface area contributed by atoms with Gasteiger partial charge in [-0.2, -0.15) is 0 Å². The van der Waals surface area contributed by atoms with Crippen molar-refractivity contribution >= 4 is 146 Å². The van der Waals surface area contributed by atoms with E-state index >= 15 is 9.59 Å². The van der Waals surface area contributed by atoms with Gasteiger partial charge in [0.2, 0.25) is 0 Å². The van der Waals surface area contributed by atoms with E-state index in [9.17, 15) is 0 Å². The summed E-state index contributed by atoms with van der Waals surface area (Å²) in [7, 11) is -52.5. The fraction of sp³-hybridized carbons (Fsp3) is 0.314. The molecule has 26 heteroatoms. The molecule has 4 heterocycles. The molecule has 8 aromatic carbocycles. The van der Waals surface area contributed by atoms with Gasteiger partial charge in [0.05, 0.1) is 0 Å². The first-order chi connectivity index (χ1) is 45.4. The summed E-state index contributed by atoms with van der Waals surface area (Å²) in [5, 5.41) is 2.39. The van der Waals surface area contributed by atoms with Crippen molar-refractivity contribution in [2.24, 2.45) is 0 Å². The van der Waals surface area contributed by atoms with E-state index in [0.29, 0.717) is 50.4 Å². The highest BCUT2D eigenvalue weighted by atomic mass is 28.6. The minimum absolute atomic E-state index is 0.147. The molecule has 0 amide bonds. The highest BCUT2D eigenvalue weighted by Crippen LogP contribution is 2.67. The van der Waals surface area contributed by atoms with Crippen molar-refractivity contribution in [2.75, 3.05) is 0 Å². The Labute approximate surface area is 584 Å². The molecule has 4 aliphatic heterocycles. The molecule has 0 saturated carbocycles. The fourth-order valence-corrected chi connectivity index (χ4v) is 71.7. The van der Waals surface area contributed by atoms with Crippen molar-refractivity contribution in [3.05, 3.63) is 243 Å². The van der Waals surface area contributed by atoms with Crippen LogP contribution in [0.2, 0.25) is 73.0 Å². The topological polar surface area (TPSA) is 151 Å². The van der Waals surface area contributed by atoms with E-state index < -0.39 is 120 Å². The molecule has 12 rings (SSSR count). The molecule has 4 saturated heterocycles. The Balaban J connectivity index is 1.44. The number of hydrogen-bond donors (Lipinski definition) is 2. The Hall–Kier alpha value is -4.20. The van der Waals surface area contributed by atoms with Gasteiger partial charge in [-0.25, -0.2) is 0 Å². The van der Waals surface area contributed by atoms with Crippen LogP contribution in [-0.4, -0.2) is 114 Å². The normalized spacial score (nSPS) is 33.2. The van der Waals surface area contributed by atoms with Crippen molar-refractivity contribution in [2.45, 2.75) is 141 Å². The van der Waals surface area contributed by atoms with Crippen LogP contribution in [0.4, 0.5) is 0 Å². The lowest BCUT2D eigenvalue weighted by atomic mass is 9.88. The van der Waals surface area contributed by atoms with Crippen LogP contribution in [0.1, 0.15) is 67.7 Å². The number of benzene rings is 8. The van der Waals surface area contributed by atoms with Crippen LogP contribution in [-0.2, 0) is 49.4 Å². The third kappa shape index (κ3) is 14.0. The average molecular weight is 1500 g/mol. The number of hydrogen-bond acceptors (Lipinski definition) is 14. The summed E-state index contributed by atoms with van der Waals surface area (Å²) in [6.07, 6.45) is 1.91. The maximum atomic E-state index is 15.1. The van der Waals surface area contributed by atoms with E-state index in [-0.39, 0.29) is 5.54 Å². The zero-order chi connectivity index (χ0) is 68.7. The van der Waals surface area contributed by atoms with Crippen molar-refractivity contribution in [1.82, 2.24) is 0 Å². The summed E-state index contributed by atoms with van der Waals surface area (Å²) in [5.74, 6) is 0. The smallest absolute Gasteiger partial charge is 0.413 e. The molecule has 4 aliphatic rings. The molecule has 0 radical (unpaired) electrons. The summed E-state index contributed by atoms with van der Waals surface area (Å²) in [4.78, 5) is 30.1. The van der Waals surface area contributed by atoms with Gasteiger partial charge in [-0.1, -0.05) is 304 Å². The second-order valence-corrected chi connectivity index (χ2v) is 68.9. The standard InChI is InChI=1S/C70H96O14Si12/c1-16-69(6)70(7,17-2)90(14,15)79-94(65-52-36-23-37-53-65)75-86(61-44-28-19-29-45-61)73-85(60-42-26-18-27-43-60)74-93(78-89(69,12)13,64-50-34-22-35-51-64)82-95(66-54-38-24-39-55-66)80-91(71,62-46-30-20-31-47-62)76-87(8,9)59(3)58-68(4,5)88(10,11)77-92(72,63-48-32-21-33-49-63)81-96(83-94,84-95)67-56-40-25-41-57-67/h18-57,59,71-72,85-86H,16-17,58H2,1-15H3/t59-,69?,70-,85?,86?,91?,92?,93?,94?,95?,96?/m1/s1. The first kappa shape index (κ1) is 73.0. The maximum Gasteiger partial charge on any atom is 0.516 e. The number of fused-ring (bicyclic) bond motifs is 9. The third-order valence-electron chi connectivity index (χ3n) is 21.5. The maximum absolute atomic E-state index is 15.1. The van der Waals surface area contributed by atoms with E-state index in [1.807, 2.05) is 243 Å².